The lowest BCUT2D eigenvalue weighted by Gasteiger charge is -2.45. The number of ether oxygens (including phenoxy) is 3. The highest BCUT2D eigenvalue weighted by molar-refractivity contribution is 6.74. The Bertz CT molecular complexity index is 1420. The molecular weight excluding hydrogens is 729 g/mol. The quantitative estimate of drug-likeness (QED) is 0.110. The van der Waals surface area contributed by atoms with E-state index in [-0.39, 0.29) is 76.0 Å². The lowest BCUT2D eigenvalue weighted by Crippen LogP contribution is -2.50. The van der Waals surface area contributed by atoms with Crippen molar-refractivity contribution in [1.29, 1.82) is 0 Å². The predicted molar refractivity (Wildman–Crippen MR) is 243 cm³/mol. The lowest BCUT2D eigenvalue weighted by atomic mass is 9.81. The first-order valence-electron chi connectivity index (χ1n) is 21.4. The number of carbonyl (C=O) groups is 1. The van der Waals surface area contributed by atoms with Crippen LogP contribution in [0.5, 0.6) is 0 Å². The van der Waals surface area contributed by atoms with Gasteiger partial charge in [-0.15, -0.1) is 0 Å². The molecule has 0 N–H and O–H groups in total. The van der Waals surface area contributed by atoms with Gasteiger partial charge in [-0.1, -0.05) is 150 Å². The van der Waals surface area contributed by atoms with Crippen LogP contribution in [0, 0.1) is 35.5 Å². The number of hydrogen-bond donors (Lipinski definition) is 0. The van der Waals surface area contributed by atoms with Gasteiger partial charge in [0.1, 0.15) is 6.10 Å². The minimum absolute atomic E-state index is 0.00737. The minimum Gasteiger partial charge on any atom is -0.458 e. The zero-order valence-electron chi connectivity index (χ0n) is 39.2. The van der Waals surface area contributed by atoms with Gasteiger partial charge in [0.15, 0.2) is 22.4 Å². The Morgan fingerprint density at radius 3 is 1.96 bits per heavy atom. The summed E-state index contributed by atoms with van der Waals surface area (Å²) in [5.74, 6) is -0.645. The summed E-state index contributed by atoms with van der Waals surface area (Å²) in [6.45, 7) is 46.7. The third-order valence-electron chi connectivity index (χ3n) is 12.9. The number of cyclic esters (lactones) is 1. The molecule has 0 saturated carbocycles. The Hall–Kier alpha value is -1.82. The second kappa shape index (κ2) is 20.4. The SMILES string of the molecule is C=C/C=C\[C@H](C)[C@@H]1OC(=O)/C=C\C=C\[C@@H](C)[C@@H]2C[C@@H](/C=C\[C@H](C)[C@H](O[Si](C)(C)C(C)(C)C)[C@@H](C)/C=C(/C)C[C@H](C)[C@@H](O[Si](C)(C)C(C)(C)C)[C@@H]1C)OC(C)(C)O2. The molecule has 2 aliphatic heterocycles. The molecule has 1 saturated heterocycles. The van der Waals surface area contributed by atoms with Crippen molar-refractivity contribution in [3.8, 4) is 0 Å². The molecule has 6 nitrogen and oxygen atoms in total. The lowest BCUT2D eigenvalue weighted by molar-refractivity contribution is -0.295. The average Bonchev–Trinajstić information content (AvgIpc) is 3.05. The van der Waals surface area contributed by atoms with Gasteiger partial charge in [-0.05, 0) is 81.2 Å². The second-order valence-electron chi connectivity index (χ2n) is 20.8. The highest BCUT2D eigenvalue weighted by Gasteiger charge is 2.45. The molecule has 0 radical (unpaired) electrons. The van der Waals surface area contributed by atoms with E-state index in [0.717, 1.165) is 12.8 Å². The molecule has 0 aromatic carbocycles. The summed E-state index contributed by atoms with van der Waals surface area (Å²) in [5.41, 5.74) is 1.32. The molecule has 0 aromatic rings. The van der Waals surface area contributed by atoms with Crippen molar-refractivity contribution in [2.45, 2.75) is 189 Å². The Balaban J connectivity index is 2.78. The van der Waals surface area contributed by atoms with Crippen LogP contribution in [0.2, 0.25) is 36.3 Å². The highest BCUT2D eigenvalue weighted by Crippen LogP contribution is 2.43. The van der Waals surface area contributed by atoms with Crippen molar-refractivity contribution in [3.63, 3.8) is 0 Å². The van der Waals surface area contributed by atoms with Gasteiger partial charge >= 0.3 is 5.97 Å². The normalized spacial score (nSPS) is 35.6. The van der Waals surface area contributed by atoms with Gasteiger partial charge < -0.3 is 23.1 Å². The number of carbonyl (C=O) groups excluding carboxylic acids is 1. The first kappa shape index (κ1) is 50.3. The molecule has 1 fully saturated rings. The molecule has 320 valence electrons. The van der Waals surface area contributed by atoms with Crippen LogP contribution in [-0.2, 0) is 27.9 Å². The second-order valence-corrected chi connectivity index (χ2v) is 30.3. The van der Waals surface area contributed by atoms with Gasteiger partial charge in [0, 0.05) is 30.3 Å². The van der Waals surface area contributed by atoms with Gasteiger partial charge in [0.05, 0.1) is 24.4 Å². The van der Waals surface area contributed by atoms with Crippen molar-refractivity contribution in [2.75, 3.05) is 0 Å². The summed E-state index contributed by atoms with van der Waals surface area (Å²) in [7, 11) is -4.34. The van der Waals surface area contributed by atoms with E-state index in [1.54, 1.807) is 12.2 Å². The summed E-state index contributed by atoms with van der Waals surface area (Å²) in [6.07, 6.45) is 21.0. The molecule has 2 bridgehead atoms. The fraction of sp³-hybridized carbons (Fsp3) is 0.729. The number of allylic oxidation sites excluding steroid dienone is 5. The average molecular weight is 813 g/mol. The van der Waals surface area contributed by atoms with Crippen LogP contribution in [0.15, 0.2) is 72.9 Å². The Labute approximate surface area is 346 Å². The van der Waals surface area contributed by atoms with Crippen molar-refractivity contribution in [2.24, 2.45) is 35.5 Å². The predicted octanol–water partition coefficient (Wildman–Crippen LogP) is 13.2. The Kier molecular flexibility index (Phi) is 18.4. The first-order chi connectivity index (χ1) is 25.5. The van der Waals surface area contributed by atoms with E-state index in [4.69, 9.17) is 23.1 Å². The van der Waals surface area contributed by atoms with Gasteiger partial charge in [-0.3, -0.25) is 0 Å². The van der Waals surface area contributed by atoms with Crippen LogP contribution in [0.25, 0.3) is 0 Å². The zero-order chi connectivity index (χ0) is 43.0. The molecule has 56 heavy (non-hydrogen) atoms. The van der Waals surface area contributed by atoms with E-state index in [9.17, 15) is 4.79 Å². The van der Waals surface area contributed by atoms with Crippen molar-refractivity contribution >= 4 is 22.6 Å². The molecule has 0 amide bonds. The fourth-order valence-electron chi connectivity index (χ4n) is 7.55. The maximum absolute atomic E-state index is 13.6. The van der Waals surface area contributed by atoms with E-state index in [1.165, 1.54) is 11.6 Å². The molecule has 11 atom stereocenters. The summed E-state index contributed by atoms with van der Waals surface area (Å²) < 4.78 is 34.0. The minimum atomic E-state index is -2.22. The first-order valence-corrected chi connectivity index (χ1v) is 27.2. The maximum Gasteiger partial charge on any atom is 0.331 e. The van der Waals surface area contributed by atoms with E-state index >= 15 is 0 Å². The van der Waals surface area contributed by atoms with E-state index < -0.39 is 28.5 Å². The largest absolute Gasteiger partial charge is 0.458 e. The smallest absolute Gasteiger partial charge is 0.331 e. The molecule has 0 aromatic heterocycles. The summed E-state index contributed by atoms with van der Waals surface area (Å²) in [6, 6.07) is 0. The van der Waals surface area contributed by atoms with E-state index in [2.05, 4.69) is 153 Å². The fourth-order valence-corrected chi connectivity index (χ4v) is 10.5. The number of fused-ring (bicyclic) bond motifs is 2. The van der Waals surface area contributed by atoms with Crippen LogP contribution < -0.4 is 0 Å². The van der Waals surface area contributed by atoms with Crippen LogP contribution in [0.4, 0.5) is 0 Å². The molecule has 8 heteroatoms. The molecule has 0 unspecified atom stereocenters. The summed E-state index contributed by atoms with van der Waals surface area (Å²) in [5, 5.41) is 0.0916. The molecule has 0 spiro atoms. The van der Waals surface area contributed by atoms with Crippen molar-refractivity contribution in [1.82, 2.24) is 0 Å². The van der Waals surface area contributed by atoms with Crippen LogP contribution >= 0.6 is 0 Å². The molecule has 2 heterocycles. The maximum atomic E-state index is 13.6. The third kappa shape index (κ3) is 14.8. The Morgan fingerprint density at radius 2 is 1.41 bits per heavy atom. The molecule has 2 rings (SSSR count). The Morgan fingerprint density at radius 1 is 0.839 bits per heavy atom. The topological polar surface area (TPSA) is 63.2 Å². The van der Waals surface area contributed by atoms with Crippen LogP contribution in [-0.4, -0.2) is 58.9 Å². The monoisotopic (exact) mass is 813 g/mol. The third-order valence-corrected chi connectivity index (χ3v) is 21.9. The van der Waals surface area contributed by atoms with Gasteiger partial charge in [-0.25, -0.2) is 4.79 Å². The molecule has 0 aliphatic carbocycles. The molecular formula is C48H84O6Si2. The van der Waals surface area contributed by atoms with Gasteiger partial charge in [0.25, 0.3) is 0 Å². The van der Waals surface area contributed by atoms with Crippen LogP contribution in [0.1, 0.15) is 117 Å². The number of hydrogen-bond acceptors (Lipinski definition) is 6. The van der Waals surface area contributed by atoms with E-state index in [1.807, 2.05) is 26.0 Å². The number of esters is 1. The highest BCUT2D eigenvalue weighted by atomic mass is 28.4. The van der Waals surface area contributed by atoms with Gasteiger partial charge in [-0.2, -0.15) is 0 Å². The number of rotatable bonds is 7. The zero-order valence-corrected chi connectivity index (χ0v) is 41.2. The molecule has 2 aliphatic rings. The van der Waals surface area contributed by atoms with Crippen molar-refractivity contribution in [3.05, 3.63) is 72.9 Å². The summed E-state index contributed by atoms with van der Waals surface area (Å²) >= 11 is 0. The van der Waals surface area contributed by atoms with Crippen molar-refractivity contribution < 1.29 is 27.9 Å². The van der Waals surface area contributed by atoms with Crippen LogP contribution in [0.3, 0.4) is 0 Å². The standard InChI is InChI=1S/C48H84O6Si2/c1-21-22-25-35(4)44-39(8)45(54-56(19,20)47(12,13)14)38(7)31-33(2)30-37(6)43(53-55(17,18)46(9,10)11)36(5)28-29-40-32-41(52-48(15,16)51-40)34(3)26-23-24-27-42(49)50-44/h21-30,34-41,43-45H,1,31-32H2,2-20H3/b25-22-,26-23+,27-24-,29-28-,33-30-/t34-,35+,36+,37+,38+,39-,40-,41+,43+,44+,45-/m1/s1. The van der Waals surface area contributed by atoms with E-state index in [0.29, 0.717) is 0 Å². The van der Waals surface area contributed by atoms with Gasteiger partial charge in [0.2, 0.25) is 0 Å². The summed E-state index contributed by atoms with van der Waals surface area (Å²) in [4.78, 5) is 13.6.